The summed E-state index contributed by atoms with van der Waals surface area (Å²) in [7, 11) is 2.24. The Bertz CT molecular complexity index is 509. The standard InChI is InChI=1S/C22H37N3O/c1-23-10-6-12-24(14-13-23)16-21-15-22(19-26)18-25(17-21)11-5-9-20-7-3-2-4-8-20/h2-4,7-8,21-22,26H,5-6,9-19H2,1H3/t21-,22+/m1/s1. The molecule has 0 aromatic heterocycles. The number of aliphatic hydroxyl groups excluding tert-OH is 1. The Morgan fingerprint density at radius 3 is 2.58 bits per heavy atom. The van der Waals surface area contributed by atoms with Crippen molar-refractivity contribution in [2.45, 2.75) is 25.7 Å². The Hall–Kier alpha value is -0.940. The summed E-state index contributed by atoms with van der Waals surface area (Å²) in [4.78, 5) is 7.73. The molecule has 0 amide bonds. The van der Waals surface area contributed by atoms with Crippen LogP contribution in [0.15, 0.2) is 30.3 Å². The van der Waals surface area contributed by atoms with E-state index in [9.17, 15) is 5.11 Å². The van der Waals surface area contributed by atoms with Gasteiger partial charge in [-0.15, -0.1) is 0 Å². The zero-order chi connectivity index (χ0) is 18.2. The number of nitrogens with zero attached hydrogens (tertiary/aromatic N) is 3. The molecular weight excluding hydrogens is 322 g/mol. The molecule has 4 nitrogen and oxygen atoms in total. The highest BCUT2D eigenvalue weighted by atomic mass is 16.3. The van der Waals surface area contributed by atoms with Crippen molar-refractivity contribution in [1.82, 2.24) is 14.7 Å². The molecule has 2 fully saturated rings. The van der Waals surface area contributed by atoms with Gasteiger partial charge in [0.1, 0.15) is 0 Å². The monoisotopic (exact) mass is 359 g/mol. The van der Waals surface area contributed by atoms with Gasteiger partial charge in [-0.3, -0.25) is 0 Å². The maximum absolute atomic E-state index is 9.77. The molecule has 1 aromatic rings. The Kier molecular flexibility index (Phi) is 7.93. The summed E-state index contributed by atoms with van der Waals surface area (Å²) in [5.74, 6) is 1.17. The van der Waals surface area contributed by atoms with E-state index in [0.717, 1.165) is 19.5 Å². The second-order valence-electron chi connectivity index (χ2n) is 8.46. The Balaban J connectivity index is 1.46. The third-order valence-corrected chi connectivity index (χ3v) is 6.07. The van der Waals surface area contributed by atoms with E-state index in [1.165, 1.54) is 64.1 Å². The molecule has 146 valence electrons. The number of aryl methyl sites for hydroxylation is 1. The number of aliphatic hydroxyl groups is 1. The molecule has 0 bridgehead atoms. The van der Waals surface area contributed by atoms with Gasteiger partial charge in [-0.25, -0.2) is 0 Å². The number of likely N-dealkylation sites (N-methyl/N-ethyl adjacent to an activating group) is 1. The van der Waals surface area contributed by atoms with Crippen molar-refractivity contribution in [2.75, 3.05) is 66.0 Å². The van der Waals surface area contributed by atoms with Crippen LogP contribution in [0.4, 0.5) is 0 Å². The molecule has 2 atom stereocenters. The molecule has 26 heavy (non-hydrogen) atoms. The van der Waals surface area contributed by atoms with E-state index in [4.69, 9.17) is 0 Å². The Morgan fingerprint density at radius 1 is 0.962 bits per heavy atom. The second kappa shape index (κ2) is 10.4. The van der Waals surface area contributed by atoms with Crippen LogP contribution in [0.1, 0.15) is 24.8 Å². The van der Waals surface area contributed by atoms with Gasteiger partial charge in [0.05, 0.1) is 0 Å². The quantitative estimate of drug-likeness (QED) is 0.808. The zero-order valence-corrected chi connectivity index (χ0v) is 16.5. The number of likely N-dealkylation sites (tertiary alicyclic amines) is 1. The van der Waals surface area contributed by atoms with Crippen LogP contribution in [-0.4, -0.2) is 85.8 Å². The molecule has 0 radical (unpaired) electrons. The highest BCUT2D eigenvalue weighted by molar-refractivity contribution is 5.14. The van der Waals surface area contributed by atoms with Gasteiger partial charge in [0.2, 0.25) is 0 Å². The van der Waals surface area contributed by atoms with Gasteiger partial charge in [0.15, 0.2) is 0 Å². The number of rotatable bonds is 7. The van der Waals surface area contributed by atoms with E-state index >= 15 is 0 Å². The van der Waals surface area contributed by atoms with Crippen LogP contribution >= 0.6 is 0 Å². The molecule has 2 aliphatic rings. The average Bonchev–Trinajstić information content (AvgIpc) is 2.86. The molecular formula is C22H37N3O. The first-order chi connectivity index (χ1) is 12.7. The lowest BCUT2D eigenvalue weighted by molar-refractivity contribution is 0.0664. The van der Waals surface area contributed by atoms with Gasteiger partial charge in [-0.1, -0.05) is 30.3 Å². The maximum atomic E-state index is 9.77. The van der Waals surface area contributed by atoms with Crippen molar-refractivity contribution < 1.29 is 5.11 Å². The molecule has 1 N–H and O–H groups in total. The first-order valence-electron chi connectivity index (χ1n) is 10.5. The van der Waals surface area contributed by atoms with Crippen molar-refractivity contribution in [3.8, 4) is 0 Å². The van der Waals surface area contributed by atoms with E-state index in [1.807, 2.05) is 0 Å². The predicted molar refractivity (Wildman–Crippen MR) is 108 cm³/mol. The molecule has 2 saturated heterocycles. The highest BCUT2D eigenvalue weighted by Crippen LogP contribution is 2.23. The predicted octanol–water partition coefficient (Wildman–Crippen LogP) is 2.19. The highest BCUT2D eigenvalue weighted by Gasteiger charge is 2.28. The minimum Gasteiger partial charge on any atom is -0.396 e. The largest absolute Gasteiger partial charge is 0.396 e. The van der Waals surface area contributed by atoms with Crippen molar-refractivity contribution in [3.05, 3.63) is 35.9 Å². The molecule has 1 aromatic carbocycles. The maximum Gasteiger partial charge on any atom is 0.0471 e. The first kappa shape index (κ1) is 19.8. The van der Waals surface area contributed by atoms with Crippen LogP contribution in [0.5, 0.6) is 0 Å². The lowest BCUT2D eigenvalue weighted by atomic mass is 9.89. The van der Waals surface area contributed by atoms with E-state index in [1.54, 1.807) is 0 Å². The number of hydrogen-bond acceptors (Lipinski definition) is 4. The van der Waals surface area contributed by atoms with Crippen LogP contribution in [0.2, 0.25) is 0 Å². The van der Waals surface area contributed by atoms with Gasteiger partial charge in [0.25, 0.3) is 0 Å². The molecule has 0 unspecified atom stereocenters. The molecule has 2 heterocycles. The molecule has 2 aliphatic heterocycles. The van der Waals surface area contributed by atoms with Crippen molar-refractivity contribution >= 4 is 0 Å². The minimum atomic E-state index is 0.342. The number of benzene rings is 1. The summed E-state index contributed by atoms with van der Waals surface area (Å²) in [6.45, 7) is 9.84. The molecule has 4 heteroatoms. The average molecular weight is 360 g/mol. The lowest BCUT2D eigenvalue weighted by Crippen LogP contribution is -2.46. The van der Waals surface area contributed by atoms with Crippen LogP contribution < -0.4 is 0 Å². The molecule has 3 rings (SSSR count). The SMILES string of the molecule is CN1CCCN(C[C@H]2C[C@H](CO)CN(CCCc3ccccc3)C2)CC1. The van der Waals surface area contributed by atoms with Gasteiger partial charge in [-0.05, 0) is 69.8 Å². The van der Waals surface area contributed by atoms with E-state index < -0.39 is 0 Å². The minimum absolute atomic E-state index is 0.342. The Morgan fingerprint density at radius 2 is 1.77 bits per heavy atom. The van der Waals surface area contributed by atoms with Crippen molar-refractivity contribution in [1.29, 1.82) is 0 Å². The molecule has 0 saturated carbocycles. The van der Waals surface area contributed by atoms with Crippen LogP contribution in [-0.2, 0) is 6.42 Å². The van der Waals surface area contributed by atoms with Gasteiger partial charge >= 0.3 is 0 Å². The summed E-state index contributed by atoms with van der Waals surface area (Å²) in [6, 6.07) is 10.8. The lowest BCUT2D eigenvalue weighted by Gasteiger charge is -2.39. The summed E-state index contributed by atoms with van der Waals surface area (Å²) in [5, 5.41) is 9.77. The fourth-order valence-electron chi connectivity index (χ4n) is 4.67. The van der Waals surface area contributed by atoms with Crippen molar-refractivity contribution in [3.63, 3.8) is 0 Å². The molecule has 0 spiro atoms. The molecule has 0 aliphatic carbocycles. The van der Waals surface area contributed by atoms with Gasteiger partial charge in [-0.2, -0.15) is 0 Å². The zero-order valence-electron chi connectivity index (χ0n) is 16.5. The number of piperidine rings is 1. The smallest absolute Gasteiger partial charge is 0.0471 e. The summed E-state index contributed by atoms with van der Waals surface area (Å²) < 4.78 is 0. The van der Waals surface area contributed by atoms with E-state index in [2.05, 4.69) is 52.1 Å². The Labute approximate surface area is 159 Å². The van der Waals surface area contributed by atoms with Crippen molar-refractivity contribution in [2.24, 2.45) is 11.8 Å². The van der Waals surface area contributed by atoms with Gasteiger partial charge in [0, 0.05) is 39.3 Å². The number of hydrogen-bond donors (Lipinski definition) is 1. The van der Waals surface area contributed by atoms with Crippen LogP contribution in [0.25, 0.3) is 0 Å². The first-order valence-corrected chi connectivity index (χ1v) is 10.5. The second-order valence-corrected chi connectivity index (χ2v) is 8.46. The summed E-state index contributed by atoms with van der Waals surface area (Å²) in [6.07, 6.45) is 4.85. The van der Waals surface area contributed by atoms with E-state index in [-0.39, 0.29) is 0 Å². The van der Waals surface area contributed by atoms with Crippen LogP contribution in [0.3, 0.4) is 0 Å². The van der Waals surface area contributed by atoms with Gasteiger partial charge < -0.3 is 19.8 Å². The summed E-state index contributed by atoms with van der Waals surface area (Å²) >= 11 is 0. The summed E-state index contributed by atoms with van der Waals surface area (Å²) in [5.41, 5.74) is 1.44. The fourth-order valence-corrected chi connectivity index (χ4v) is 4.67. The fraction of sp³-hybridized carbons (Fsp3) is 0.727. The third kappa shape index (κ3) is 6.34. The van der Waals surface area contributed by atoms with E-state index in [0.29, 0.717) is 18.4 Å². The van der Waals surface area contributed by atoms with Crippen LogP contribution in [0, 0.1) is 11.8 Å². The third-order valence-electron chi connectivity index (χ3n) is 6.07. The topological polar surface area (TPSA) is 30.0 Å². The normalized spacial score (nSPS) is 26.7.